The fraction of sp³-hybridized carbons (Fsp3) is 0.632. The van der Waals surface area contributed by atoms with E-state index in [1.165, 1.54) is 0 Å². The molecule has 0 radical (unpaired) electrons. The van der Waals surface area contributed by atoms with E-state index in [-0.39, 0.29) is 5.91 Å². The molecule has 3 rings (SSSR count). The zero-order valence-corrected chi connectivity index (χ0v) is 14.3. The van der Waals surface area contributed by atoms with Gasteiger partial charge < -0.3 is 14.5 Å². The minimum absolute atomic E-state index is 0.185. The third-order valence-electron chi connectivity index (χ3n) is 5.34. The van der Waals surface area contributed by atoms with Crippen LogP contribution >= 0.6 is 0 Å². The zero-order chi connectivity index (χ0) is 16.2. The first-order valence-corrected chi connectivity index (χ1v) is 8.80. The van der Waals surface area contributed by atoms with Gasteiger partial charge in [-0.2, -0.15) is 0 Å². The van der Waals surface area contributed by atoms with Crippen LogP contribution in [0.3, 0.4) is 0 Å². The van der Waals surface area contributed by atoms with Crippen molar-refractivity contribution in [3.63, 3.8) is 0 Å². The average molecular weight is 316 g/mol. The Morgan fingerprint density at radius 3 is 2.39 bits per heavy atom. The smallest absolute Gasteiger partial charge is 0.253 e. The highest BCUT2D eigenvalue weighted by molar-refractivity contribution is 5.94. The highest BCUT2D eigenvalue weighted by Crippen LogP contribution is 2.23. The molecule has 2 fully saturated rings. The molecule has 0 aliphatic carbocycles. The topological polar surface area (TPSA) is 32.8 Å². The van der Waals surface area contributed by atoms with Gasteiger partial charge in [0, 0.05) is 44.9 Å². The molecule has 0 spiro atoms. The van der Waals surface area contributed by atoms with E-state index in [2.05, 4.69) is 4.90 Å². The first-order valence-electron chi connectivity index (χ1n) is 8.80. The second-order valence-corrected chi connectivity index (χ2v) is 6.86. The number of likely N-dealkylation sites (tertiary alicyclic amines) is 2. The number of hydrogen-bond donors (Lipinski definition) is 0. The van der Waals surface area contributed by atoms with Crippen molar-refractivity contribution in [2.45, 2.75) is 44.8 Å². The summed E-state index contributed by atoms with van der Waals surface area (Å²) in [5, 5.41) is 0. The average Bonchev–Trinajstić information content (AvgIpc) is 2.61. The molecule has 2 heterocycles. The van der Waals surface area contributed by atoms with Crippen LogP contribution in [0.5, 0.6) is 0 Å². The highest BCUT2D eigenvalue weighted by atomic mass is 16.5. The van der Waals surface area contributed by atoms with Crippen LogP contribution < -0.4 is 0 Å². The number of benzene rings is 1. The maximum atomic E-state index is 12.6. The molecule has 1 aromatic carbocycles. The number of carbonyl (C=O) groups excluding carboxylic acids is 1. The molecule has 4 heteroatoms. The van der Waals surface area contributed by atoms with Crippen LogP contribution in [0.2, 0.25) is 0 Å². The minimum atomic E-state index is 0.185. The van der Waals surface area contributed by atoms with Crippen LogP contribution in [0.1, 0.15) is 41.6 Å². The van der Waals surface area contributed by atoms with Gasteiger partial charge in [-0.15, -0.1) is 0 Å². The number of carbonyl (C=O) groups is 1. The monoisotopic (exact) mass is 316 g/mol. The third-order valence-corrected chi connectivity index (χ3v) is 5.34. The summed E-state index contributed by atoms with van der Waals surface area (Å²) < 4.78 is 5.45. The fourth-order valence-electron chi connectivity index (χ4n) is 3.87. The van der Waals surface area contributed by atoms with Crippen LogP contribution in [-0.4, -0.2) is 61.1 Å². The van der Waals surface area contributed by atoms with Gasteiger partial charge in [-0.25, -0.2) is 0 Å². The lowest BCUT2D eigenvalue weighted by Crippen LogP contribution is -2.49. The quantitative estimate of drug-likeness (QED) is 0.859. The lowest BCUT2D eigenvalue weighted by atomic mass is 9.98. The fourth-order valence-corrected chi connectivity index (χ4v) is 3.87. The van der Waals surface area contributed by atoms with Crippen molar-refractivity contribution < 1.29 is 9.53 Å². The lowest BCUT2D eigenvalue weighted by molar-refractivity contribution is 0.0145. The van der Waals surface area contributed by atoms with E-state index in [0.717, 1.165) is 63.0 Å². The van der Waals surface area contributed by atoms with Gasteiger partial charge in [-0.1, -0.05) is 17.7 Å². The Balaban J connectivity index is 1.51. The largest absolute Gasteiger partial charge is 0.381 e. The Kier molecular flexibility index (Phi) is 5.34. The highest BCUT2D eigenvalue weighted by Gasteiger charge is 2.29. The second-order valence-electron chi connectivity index (χ2n) is 6.86. The van der Waals surface area contributed by atoms with E-state index in [4.69, 9.17) is 4.74 Å². The number of ether oxygens (including phenoxy) is 1. The molecule has 4 nitrogen and oxygen atoms in total. The van der Waals surface area contributed by atoms with Crippen molar-refractivity contribution in [2.24, 2.45) is 0 Å². The van der Waals surface area contributed by atoms with E-state index in [9.17, 15) is 4.79 Å². The van der Waals surface area contributed by atoms with E-state index in [1.54, 1.807) is 0 Å². The molecule has 1 amide bonds. The summed E-state index contributed by atoms with van der Waals surface area (Å²) in [7, 11) is 1.82. The molecule has 1 aromatic rings. The van der Waals surface area contributed by atoms with Crippen LogP contribution in [0, 0.1) is 6.92 Å². The number of amides is 1. The minimum Gasteiger partial charge on any atom is -0.381 e. The Morgan fingerprint density at radius 1 is 1.09 bits per heavy atom. The van der Waals surface area contributed by atoms with Gasteiger partial charge in [0.15, 0.2) is 0 Å². The summed E-state index contributed by atoms with van der Waals surface area (Å²) in [4.78, 5) is 17.2. The van der Waals surface area contributed by atoms with Crippen LogP contribution in [0.25, 0.3) is 0 Å². The molecule has 2 saturated heterocycles. The van der Waals surface area contributed by atoms with E-state index in [0.29, 0.717) is 12.1 Å². The van der Waals surface area contributed by atoms with E-state index in [1.807, 2.05) is 43.2 Å². The number of methoxy groups -OCH3 is 1. The van der Waals surface area contributed by atoms with Gasteiger partial charge >= 0.3 is 0 Å². The maximum absolute atomic E-state index is 12.6. The summed E-state index contributed by atoms with van der Waals surface area (Å²) >= 11 is 0. The van der Waals surface area contributed by atoms with Crippen LogP contribution in [0.15, 0.2) is 24.3 Å². The molecule has 23 heavy (non-hydrogen) atoms. The summed E-state index contributed by atoms with van der Waals surface area (Å²) in [6, 6.07) is 8.55. The molecular formula is C19H28N2O2. The van der Waals surface area contributed by atoms with Gasteiger partial charge in [0.25, 0.3) is 5.91 Å². The number of piperidine rings is 2. The number of aryl methyl sites for hydroxylation is 1. The first-order chi connectivity index (χ1) is 11.2. The normalized spacial score (nSPS) is 21.6. The molecule has 0 aromatic heterocycles. The molecule has 0 atom stereocenters. The molecule has 2 aliphatic rings. The molecule has 0 bridgehead atoms. The second kappa shape index (κ2) is 7.45. The van der Waals surface area contributed by atoms with Crippen molar-refractivity contribution >= 4 is 5.91 Å². The van der Waals surface area contributed by atoms with Crippen LogP contribution in [-0.2, 0) is 4.74 Å². The molecule has 2 aliphatic heterocycles. The molecule has 0 N–H and O–H groups in total. The Bertz CT molecular complexity index is 530. The lowest BCUT2D eigenvalue weighted by Gasteiger charge is -2.41. The zero-order valence-electron chi connectivity index (χ0n) is 14.3. The predicted octanol–water partition coefficient (Wildman–Crippen LogP) is 2.71. The maximum Gasteiger partial charge on any atom is 0.253 e. The van der Waals surface area contributed by atoms with Gasteiger partial charge in [0.05, 0.1) is 6.10 Å². The first kappa shape index (κ1) is 16.5. The Labute approximate surface area is 139 Å². The van der Waals surface area contributed by atoms with Gasteiger partial charge in [0.2, 0.25) is 0 Å². The summed E-state index contributed by atoms with van der Waals surface area (Å²) in [6.45, 7) is 6.06. The SMILES string of the molecule is COC1CCN(C2CCN(C(=O)c3cccc(C)c3)CC2)CC1. The van der Waals surface area contributed by atoms with Crippen molar-refractivity contribution in [3.05, 3.63) is 35.4 Å². The van der Waals surface area contributed by atoms with Gasteiger partial charge in [-0.3, -0.25) is 4.79 Å². The third kappa shape index (κ3) is 3.93. The number of nitrogens with zero attached hydrogens (tertiary/aromatic N) is 2. The predicted molar refractivity (Wildman–Crippen MR) is 91.7 cm³/mol. The Hall–Kier alpha value is -1.39. The van der Waals surface area contributed by atoms with Crippen molar-refractivity contribution in [3.8, 4) is 0 Å². The number of hydrogen-bond acceptors (Lipinski definition) is 3. The van der Waals surface area contributed by atoms with Crippen molar-refractivity contribution in [2.75, 3.05) is 33.3 Å². The van der Waals surface area contributed by atoms with E-state index >= 15 is 0 Å². The molecule has 0 unspecified atom stereocenters. The standard InChI is InChI=1S/C19H28N2O2/c1-15-4-3-5-16(14-15)19(22)21-10-6-17(7-11-21)20-12-8-18(23-2)9-13-20/h3-5,14,17-18H,6-13H2,1-2H3. The summed E-state index contributed by atoms with van der Waals surface area (Å²) in [6.07, 6.45) is 4.90. The Morgan fingerprint density at radius 2 is 1.78 bits per heavy atom. The molecule has 126 valence electrons. The molecule has 0 saturated carbocycles. The van der Waals surface area contributed by atoms with Gasteiger partial charge in [-0.05, 0) is 44.7 Å². The van der Waals surface area contributed by atoms with Crippen molar-refractivity contribution in [1.29, 1.82) is 0 Å². The molecular weight excluding hydrogens is 288 g/mol. The number of rotatable bonds is 3. The summed E-state index contributed by atoms with van der Waals surface area (Å²) in [5.41, 5.74) is 1.97. The van der Waals surface area contributed by atoms with Gasteiger partial charge in [0.1, 0.15) is 0 Å². The van der Waals surface area contributed by atoms with Crippen molar-refractivity contribution in [1.82, 2.24) is 9.80 Å². The van der Waals surface area contributed by atoms with Crippen LogP contribution in [0.4, 0.5) is 0 Å². The summed E-state index contributed by atoms with van der Waals surface area (Å²) in [5.74, 6) is 0.185. The van der Waals surface area contributed by atoms with E-state index < -0.39 is 0 Å².